The highest BCUT2D eigenvalue weighted by atomic mass is 35.5. The molecule has 2 aliphatic heterocycles. The van der Waals surface area contributed by atoms with Crippen molar-refractivity contribution in [2.75, 3.05) is 26.7 Å². The van der Waals surface area contributed by atoms with Gasteiger partial charge >= 0.3 is 0 Å². The molecular formula is C19H24ClN3OS. The summed E-state index contributed by atoms with van der Waals surface area (Å²) in [6, 6.07) is 8.08. The number of thiophene rings is 1. The molecule has 6 heteroatoms. The highest BCUT2D eigenvalue weighted by molar-refractivity contribution is 7.19. The van der Waals surface area contributed by atoms with Crippen LogP contribution in [0.2, 0.25) is 5.02 Å². The molecule has 0 aliphatic carbocycles. The van der Waals surface area contributed by atoms with Gasteiger partial charge in [0.05, 0.1) is 17.6 Å². The van der Waals surface area contributed by atoms with Gasteiger partial charge in [-0.3, -0.25) is 4.79 Å². The van der Waals surface area contributed by atoms with Crippen molar-refractivity contribution in [3.63, 3.8) is 0 Å². The van der Waals surface area contributed by atoms with Crippen LogP contribution in [0.25, 0.3) is 10.1 Å². The molecule has 0 saturated carbocycles. The molecule has 134 valence electrons. The van der Waals surface area contributed by atoms with E-state index in [1.807, 2.05) is 30.1 Å². The van der Waals surface area contributed by atoms with Crippen molar-refractivity contribution in [1.82, 2.24) is 15.5 Å². The third kappa shape index (κ3) is 3.31. The first-order valence-corrected chi connectivity index (χ1v) is 10.1. The Morgan fingerprint density at radius 1 is 1.36 bits per heavy atom. The number of carbonyl (C=O) groups excluding carboxylic acids is 1. The maximum atomic E-state index is 12.9. The number of nitrogens with zero attached hydrogens (tertiary/aromatic N) is 1. The molecule has 1 aromatic heterocycles. The number of hydrogen-bond donors (Lipinski definition) is 2. The molecule has 2 aromatic rings. The third-order valence-electron chi connectivity index (χ3n) is 5.68. The molecule has 0 bridgehead atoms. The Kier molecular flexibility index (Phi) is 4.75. The summed E-state index contributed by atoms with van der Waals surface area (Å²) in [5, 5.41) is 8.76. The van der Waals surface area contributed by atoms with Crippen molar-refractivity contribution in [2.24, 2.45) is 5.41 Å². The molecule has 1 amide bonds. The number of likely N-dealkylation sites (N-methyl/N-ethyl adjacent to an activating group) is 1. The summed E-state index contributed by atoms with van der Waals surface area (Å²) in [5.74, 6) is 0.184. The van der Waals surface area contributed by atoms with Crippen LogP contribution in [0.15, 0.2) is 24.3 Å². The van der Waals surface area contributed by atoms with E-state index in [1.165, 1.54) is 4.70 Å². The second-order valence-electron chi connectivity index (χ2n) is 7.42. The largest absolute Gasteiger partial charge is 0.339 e. The minimum atomic E-state index is -0.0590. The quantitative estimate of drug-likeness (QED) is 0.863. The summed E-state index contributed by atoms with van der Waals surface area (Å²) < 4.78 is 1.18. The first-order valence-electron chi connectivity index (χ1n) is 8.93. The standard InChI is InChI=1S/C19H24ClN3OS/c1-23(11-16-17(20)13-4-2-3-5-15(13)25-16)18(24)14-10-19(12-22-14)6-8-21-9-7-19/h2-5,14,21-22H,6-12H2,1H3/t14-/m1/s1. The summed E-state index contributed by atoms with van der Waals surface area (Å²) in [5.41, 5.74) is 0.307. The van der Waals surface area contributed by atoms with Gasteiger partial charge in [-0.15, -0.1) is 11.3 Å². The average molecular weight is 378 g/mol. The van der Waals surface area contributed by atoms with Crippen molar-refractivity contribution in [3.05, 3.63) is 34.2 Å². The van der Waals surface area contributed by atoms with Crippen LogP contribution >= 0.6 is 22.9 Å². The van der Waals surface area contributed by atoms with E-state index in [2.05, 4.69) is 16.7 Å². The van der Waals surface area contributed by atoms with Crippen molar-refractivity contribution in [2.45, 2.75) is 31.8 Å². The highest BCUT2D eigenvalue weighted by Crippen LogP contribution is 2.39. The van der Waals surface area contributed by atoms with Crippen LogP contribution < -0.4 is 10.6 Å². The molecule has 2 aliphatic rings. The van der Waals surface area contributed by atoms with Gasteiger partial charge in [-0.1, -0.05) is 29.8 Å². The fourth-order valence-electron chi connectivity index (χ4n) is 4.16. The molecule has 2 fully saturated rings. The second kappa shape index (κ2) is 6.88. The van der Waals surface area contributed by atoms with Crippen LogP contribution in [0.4, 0.5) is 0 Å². The van der Waals surface area contributed by atoms with Crippen LogP contribution in [-0.2, 0) is 11.3 Å². The average Bonchev–Trinajstić information content (AvgIpc) is 3.17. The van der Waals surface area contributed by atoms with E-state index in [0.29, 0.717) is 12.0 Å². The lowest BCUT2D eigenvalue weighted by Crippen LogP contribution is -2.41. The molecule has 2 saturated heterocycles. The highest BCUT2D eigenvalue weighted by Gasteiger charge is 2.42. The first-order chi connectivity index (χ1) is 12.1. The van der Waals surface area contributed by atoms with Crippen LogP contribution in [0.3, 0.4) is 0 Å². The van der Waals surface area contributed by atoms with E-state index >= 15 is 0 Å². The molecule has 0 unspecified atom stereocenters. The Labute approximate surface area is 157 Å². The predicted molar refractivity (Wildman–Crippen MR) is 104 cm³/mol. The summed E-state index contributed by atoms with van der Waals surface area (Å²) in [6.07, 6.45) is 3.28. The predicted octanol–water partition coefficient (Wildman–Crippen LogP) is 3.24. The van der Waals surface area contributed by atoms with E-state index in [0.717, 1.165) is 54.2 Å². The molecule has 1 atom stereocenters. The molecule has 4 rings (SSSR count). The van der Waals surface area contributed by atoms with Gasteiger partial charge in [0, 0.05) is 28.6 Å². The fraction of sp³-hybridized carbons (Fsp3) is 0.526. The number of amides is 1. The monoisotopic (exact) mass is 377 g/mol. The Balaban J connectivity index is 1.44. The van der Waals surface area contributed by atoms with Crippen LogP contribution in [-0.4, -0.2) is 43.5 Å². The molecule has 4 nitrogen and oxygen atoms in total. The number of rotatable bonds is 3. The van der Waals surface area contributed by atoms with E-state index < -0.39 is 0 Å². The number of halogens is 1. The molecule has 25 heavy (non-hydrogen) atoms. The zero-order chi connectivity index (χ0) is 17.4. The number of fused-ring (bicyclic) bond motifs is 1. The fourth-order valence-corrected chi connectivity index (χ4v) is 5.70. The Morgan fingerprint density at radius 2 is 2.12 bits per heavy atom. The molecule has 1 spiro atoms. The van der Waals surface area contributed by atoms with Gasteiger partial charge < -0.3 is 15.5 Å². The van der Waals surface area contributed by atoms with Gasteiger partial charge in [0.2, 0.25) is 5.91 Å². The number of nitrogens with one attached hydrogen (secondary N) is 2. The first kappa shape index (κ1) is 17.3. The molecule has 2 N–H and O–H groups in total. The van der Waals surface area contributed by atoms with Crippen molar-refractivity contribution >= 4 is 38.9 Å². The Bertz CT molecular complexity index is 784. The summed E-state index contributed by atoms with van der Waals surface area (Å²) in [7, 11) is 1.89. The molecule has 3 heterocycles. The summed E-state index contributed by atoms with van der Waals surface area (Å²) in [4.78, 5) is 15.8. The number of hydrogen-bond acceptors (Lipinski definition) is 4. The molecular weight excluding hydrogens is 354 g/mol. The minimum absolute atomic E-state index is 0.0590. The van der Waals surface area contributed by atoms with Crippen LogP contribution in [0.5, 0.6) is 0 Å². The van der Waals surface area contributed by atoms with Gasteiger partial charge in [-0.2, -0.15) is 0 Å². The number of carbonyl (C=O) groups is 1. The van der Waals surface area contributed by atoms with Gasteiger partial charge in [0.15, 0.2) is 0 Å². The number of benzene rings is 1. The van der Waals surface area contributed by atoms with Gasteiger partial charge in [0.1, 0.15) is 0 Å². The van der Waals surface area contributed by atoms with Crippen molar-refractivity contribution < 1.29 is 4.79 Å². The van der Waals surface area contributed by atoms with E-state index in [4.69, 9.17) is 11.6 Å². The van der Waals surface area contributed by atoms with Gasteiger partial charge in [-0.05, 0) is 43.8 Å². The summed E-state index contributed by atoms with van der Waals surface area (Å²) >= 11 is 8.21. The van der Waals surface area contributed by atoms with Crippen molar-refractivity contribution in [3.8, 4) is 0 Å². The lowest BCUT2D eigenvalue weighted by Gasteiger charge is -2.33. The smallest absolute Gasteiger partial charge is 0.239 e. The van der Waals surface area contributed by atoms with Crippen LogP contribution in [0, 0.1) is 5.41 Å². The minimum Gasteiger partial charge on any atom is -0.339 e. The Hall–Kier alpha value is -1.14. The molecule has 1 aromatic carbocycles. The maximum absolute atomic E-state index is 12.9. The lowest BCUT2D eigenvalue weighted by molar-refractivity contribution is -0.132. The second-order valence-corrected chi connectivity index (χ2v) is 8.93. The van der Waals surface area contributed by atoms with Crippen molar-refractivity contribution in [1.29, 1.82) is 0 Å². The maximum Gasteiger partial charge on any atom is 0.239 e. The normalized spacial score (nSPS) is 22.6. The number of piperidine rings is 1. The zero-order valence-corrected chi connectivity index (χ0v) is 16.1. The Morgan fingerprint density at radius 3 is 2.88 bits per heavy atom. The summed E-state index contributed by atoms with van der Waals surface area (Å²) in [6.45, 7) is 3.66. The lowest BCUT2D eigenvalue weighted by atomic mass is 9.77. The third-order valence-corrected chi connectivity index (χ3v) is 7.38. The zero-order valence-electron chi connectivity index (χ0n) is 14.5. The van der Waals surface area contributed by atoms with E-state index in [9.17, 15) is 4.79 Å². The van der Waals surface area contributed by atoms with Crippen LogP contribution in [0.1, 0.15) is 24.1 Å². The van der Waals surface area contributed by atoms with E-state index in [-0.39, 0.29) is 11.9 Å². The van der Waals surface area contributed by atoms with Gasteiger partial charge in [0.25, 0.3) is 0 Å². The van der Waals surface area contributed by atoms with E-state index in [1.54, 1.807) is 11.3 Å². The topological polar surface area (TPSA) is 44.4 Å². The SMILES string of the molecule is CN(Cc1sc2ccccc2c1Cl)C(=O)[C@H]1CC2(CCNCC2)CN1. The van der Waals surface area contributed by atoms with Gasteiger partial charge in [-0.25, -0.2) is 0 Å². The molecule has 0 radical (unpaired) electrons.